The first-order valence-corrected chi connectivity index (χ1v) is 10.5. The number of rotatable bonds is 7. The Morgan fingerprint density at radius 2 is 1.88 bits per heavy atom. The largest absolute Gasteiger partial charge is 0.391 e. The van der Waals surface area contributed by atoms with Gasteiger partial charge in [-0.25, -0.2) is 8.42 Å². The van der Waals surface area contributed by atoms with Gasteiger partial charge in [0.2, 0.25) is 10.0 Å². The number of nitrogens with zero attached hydrogens (tertiary/aromatic N) is 1. The third kappa shape index (κ3) is 5.24. The van der Waals surface area contributed by atoms with Crippen molar-refractivity contribution >= 4 is 10.0 Å². The minimum atomic E-state index is -3.40. The molecular weight excluding hydrogens is 342 g/mol. The van der Waals surface area contributed by atoms with Crippen LogP contribution in [0.1, 0.15) is 18.4 Å². The molecule has 2 aliphatic rings. The van der Waals surface area contributed by atoms with Crippen molar-refractivity contribution in [1.29, 1.82) is 0 Å². The topological polar surface area (TPSA) is 76.1 Å². The highest BCUT2D eigenvalue weighted by atomic mass is 32.2. The second-order valence-corrected chi connectivity index (χ2v) is 8.92. The molecule has 0 unspecified atom stereocenters. The Labute approximate surface area is 149 Å². The second kappa shape index (κ2) is 8.60. The molecule has 2 heterocycles. The van der Waals surface area contributed by atoms with Crippen LogP contribution in [0.25, 0.3) is 0 Å². The highest BCUT2D eigenvalue weighted by molar-refractivity contribution is 7.89. The van der Waals surface area contributed by atoms with E-state index in [4.69, 9.17) is 9.47 Å². The predicted molar refractivity (Wildman–Crippen MR) is 94.8 cm³/mol. The van der Waals surface area contributed by atoms with Crippen molar-refractivity contribution in [3.05, 3.63) is 35.9 Å². The number of ether oxygens (including phenoxy) is 2. The molecule has 2 aliphatic heterocycles. The van der Waals surface area contributed by atoms with Gasteiger partial charge in [0, 0.05) is 32.2 Å². The van der Waals surface area contributed by atoms with E-state index in [1.165, 1.54) is 4.31 Å². The fourth-order valence-electron chi connectivity index (χ4n) is 3.45. The molecular formula is C18H27NO5S. The third-order valence-electron chi connectivity index (χ3n) is 4.97. The molecule has 2 fully saturated rings. The summed E-state index contributed by atoms with van der Waals surface area (Å²) in [6, 6.07) is 9.87. The van der Waals surface area contributed by atoms with E-state index in [0.29, 0.717) is 26.2 Å². The van der Waals surface area contributed by atoms with Gasteiger partial charge < -0.3 is 14.6 Å². The minimum Gasteiger partial charge on any atom is -0.391 e. The van der Waals surface area contributed by atoms with Gasteiger partial charge in [-0.2, -0.15) is 4.31 Å². The smallest absolute Gasteiger partial charge is 0.216 e. The standard InChI is InChI=1S/C18H27NO5S/c20-18-14-19(13-16(18)12-15-4-2-1-3-5-15)25(21,22)11-10-24-17-6-8-23-9-7-17/h1-5,16-18,20H,6-14H2/t16-,18-/m1/s1. The molecule has 2 saturated heterocycles. The maximum Gasteiger partial charge on any atom is 0.216 e. The summed E-state index contributed by atoms with van der Waals surface area (Å²) in [5, 5.41) is 10.3. The van der Waals surface area contributed by atoms with Gasteiger partial charge in [-0.05, 0) is 24.8 Å². The molecule has 0 aliphatic carbocycles. The molecule has 0 amide bonds. The Hall–Kier alpha value is -0.990. The lowest BCUT2D eigenvalue weighted by Gasteiger charge is -2.23. The van der Waals surface area contributed by atoms with E-state index in [1.54, 1.807) is 0 Å². The van der Waals surface area contributed by atoms with Crippen molar-refractivity contribution < 1.29 is 23.0 Å². The molecule has 0 spiro atoms. The van der Waals surface area contributed by atoms with Crippen molar-refractivity contribution in [1.82, 2.24) is 4.31 Å². The quantitative estimate of drug-likeness (QED) is 0.777. The van der Waals surface area contributed by atoms with Gasteiger partial charge >= 0.3 is 0 Å². The predicted octanol–water partition coefficient (Wildman–Crippen LogP) is 1.05. The van der Waals surface area contributed by atoms with Crippen LogP contribution in [-0.4, -0.2) is 68.7 Å². The Kier molecular flexibility index (Phi) is 6.46. The van der Waals surface area contributed by atoms with Crippen molar-refractivity contribution in [2.75, 3.05) is 38.7 Å². The molecule has 3 rings (SSSR count). The van der Waals surface area contributed by atoms with E-state index in [1.807, 2.05) is 30.3 Å². The zero-order chi connectivity index (χ0) is 17.7. The van der Waals surface area contributed by atoms with E-state index in [2.05, 4.69) is 0 Å². The molecule has 0 radical (unpaired) electrons. The van der Waals surface area contributed by atoms with E-state index < -0.39 is 16.1 Å². The number of hydrogen-bond acceptors (Lipinski definition) is 5. The van der Waals surface area contributed by atoms with Gasteiger partial charge in [0.1, 0.15) is 0 Å². The molecule has 140 valence electrons. The lowest BCUT2D eigenvalue weighted by Crippen LogP contribution is -2.34. The first-order valence-electron chi connectivity index (χ1n) is 8.94. The summed E-state index contributed by atoms with van der Waals surface area (Å²) in [7, 11) is -3.40. The lowest BCUT2D eigenvalue weighted by atomic mass is 9.97. The monoisotopic (exact) mass is 369 g/mol. The molecule has 6 nitrogen and oxygen atoms in total. The van der Waals surface area contributed by atoms with Gasteiger partial charge in [0.25, 0.3) is 0 Å². The highest BCUT2D eigenvalue weighted by Crippen LogP contribution is 2.24. The summed E-state index contributed by atoms with van der Waals surface area (Å²) in [6.45, 7) is 2.10. The summed E-state index contributed by atoms with van der Waals surface area (Å²) in [5.74, 6) is -0.0941. The maximum atomic E-state index is 12.5. The second-order valence-electron chi connectivity index (χ2n) is 6.83. The fourth-order valence-corrected chi connectivity index (χ4v) is 4.82. The van der Waals surface area contributed by atoms with E-state index in [-0.39, 0.29) is 30.9 Å². The van der Waals surface area contributed by atoms with Crippen LogP contribution in [-0.2, 0) is 25.9 Å². The van der Waals surface area contributed by atoms with Crippen LogP contribution in [0.3, 0.4) is 0 Å². The molecule has 1 aromatic rings. The van der Waals surface area contributed by atoms with Crippen LogP contribution >= 0.6 is 0 Å². The van der Waals surface area contributed by atoms with Gasteiger partial charge in [-0.15, -0.1) is 0 Å². The van der Waals surface area contributed by atoms with Crippen LogP contribution in [0.5, 0.6) is 0 Å². The minimum absolute atomic E-state index is 0.0326. The highest BCUT2D eigenvalue weighted by Gasteiger charge is 2.37. The number of β-amino-alcohol motifs (C(OH)–C–C–N with tert-alkyl or cyclic N) is 1. The number of benzene rings is 1. The maximum absolute atomic E-state index is 12.5. The van der Waals surface area contributed by atoms with E-state index in [9.17, 15) is 13.5 Å². The SMILES string of the molecule is O=S(=O)(CCOC1CCOCC1)N1C[C@@H](Cc2ccccc2)[C@H](O)C1. The summed E-state index contributed by atoms with van der Waals surface area (Å²) < 4.78 is 37.4. The summed E-state index contributed by atoms with van der Waals surface area (Å²) in [5.41, 5.74) is 1.12. The summed E-state index contributed by atoms with van der Waals surface area (Å²) in [4.78, 5) is 0. The Morgan fingerprint density at radius 1 is 1.16 bits per heavy atom. The van der Waals surface area contributed by atoms with Crippen LogP contribution in [0.2, 0.25) is 0 Å². The first-order chi connectivity index (χ1) is 12.0. The van der Waals surface area contributed by atoms with Crippen LogP contribution < -0.4 is 0 Å². The molecule has 25 heavy (non-hydrogen) atoms. The molecule has 0 saturated carbocycles. The molecule has 7 heteroatoms. The zero-order valence-corrected chi connectivity index (χ0v) is 15.2. The van der Waals surface area contributed by atoms with Crippen molar-refractivity contribution in [2.45, 2.75) is 31.5 Å². The van der Waals surface area contributed by atoms with Crippen molar-refractivity contribution in [3.63, 3.8) is 0 Å². The average molecular weight is 369 g/mol. The fraction of sp³-hybridized carbons (Fsp3) is 0.667. The number of hydrogen-bond donors (Lipinski definition) is 1. The van der Waals surface area contributed by atoms with E-state index >= 15 is 0 Å². The summed E-state index contributed by atoms with van der Waals surface area (Å²) in [6.07, 6.45) is 1.81. The van der Waals surface area contributed by atoms with Gasteiger partial charge in [0.15, 0.2) is 0 Å². The number of aliphatic hydroxyl groups excluding tert-OH is 1. The third-order valence-corrected chi connectivity index (χ3v) is 6.74. The number of sulfonamides is 1. The Balaban J connectivity index is 1.48. The van der Waals surface area contributed by atoms with E-state index in [0.717, 1.165) is 18.4 Å². The normalized spacial score (nSPS) is 26.1. The molecule has 2 atom stereocenters. The first kappa shape index (κ1) is 18.8. The van der Waals surface area contributed by atoms with Gasteiger partial charge in [0.05, 0.1) is 24.6 Å². The van der Waals surface area contributed by atoms with Gasteiger partial charge in [-0.1, -0.05) is 30.3 Å². The molecule has 0 bridgehead atoms. The zero-order valence-electron chi connectivity index (χ0n) is 14.4. The Morgan fingerprint density at radius 3 is 2.60 bits per heavy atom. The van der Waals surface area contributed by atoms with Crippen LogP contribution in [0.4, 0.5) is 0 Å². The summed E-state index contributed by atoms with van der Waals surface area (Å²) >= 11 is 0. The van der Waals surface area contributed by atoms with Crippen molar-refractivity contribution in [2.24, 2.45) is 5.92 Å². The van der Waals surface area contributed by atoms with Crippen molar-refractivity contribution in [3.8, 4) is 0 Å². The lowest BCUT2D eigenvalue weighted by molar-refractivity contribution is -0.0268. The Bertz CT molecular complexity index is 630. The molecule has 1 N–H and O–H groups in total. The van der Waals surface area contributed by atoms with Gasteiger partial charge in [-0.3, -0.25) is 0 Å². The average Bonchev–Trinajstić information content (AvgIpc) is 2.98. The van der Waals surface area contributed by atoms with Crippen LogP contribution in [0.15, 0.2) is 30.3 Å². The van der Waals surface area contributed by atoms with Crippen LogP contribution in [0, 0.1) is 5.92 Å². The molecule has 1 aromatic carbocycles. The molecule has 0 aromatic heterocycles. The number of aliphatic hydroxyl groups is 1.